The van der Waals surface area contributed by atoms with Crippen molar-refractivity contribution in [2.45, 2.75) is 58.5 Å². The van der Waals surface area contributed by atoms with E-state index in [0.29, 0.717) is 11.5 Å². The maximum Gasteiger partial charge on any atom is 0.0543 e. The first-order valence-corrected chi connectivity index (χ1v) is 8.41. The second-order valence-corrected chi connectivity index (χ2v) is 7.09. The standard InChI is InChI=1S/C18H31N3/c1-16(2)20-14-18(10-6-4-7-11-18)15-21(3)13-17-9-5-8-12-19-17/h5,8-9,12,16,20H,4,6-7,10-11,13-15H2,1-3H3. The maximum absolute atomic E-state index is 4.45. The Balaban J connectivity index is 1.93. The number of hydrogen-bond donors (Lipinski definition) is 1. The monoisotopic (exact) mass is 289 g/mol. The highest BCUT2D eigenvalue weighted by Crippen LogP contribution is 2.36. The molecule has 3 nitrogen and oxygen atoms in total. The van der Waals surface area contributed by atoms with Crippen LogP contribution in [0.5, 0.6) is 0 Å². The normalized spacial score (nSPS) is 18.3. The second-order valence-electron chi connectivity index (χ2n) is 7.09. The highest BCUT2D eigenvalue weighted by atomic mass is 15.1. The van der Waals surface area contributed by atoms with Crippen molar-refractivity contribution in [2.75, 3.05) is 20.1 Å². The van der Waals surface area contributed by atoms with Gasteiger partial charge in [0.25, 0.3) is 0 Å². The van der Waals surface area contributed by atoms with Gasteiger partial charge in [-0.15, -0.1) is 0 Å². The van der Waals surface area contributed by atoms with Crippen LogP contribution in [0.1, 0.15) is 51.6 Å². The minimum absolute atomic E-state index is 0.450. The van der Waals surface area contributed by atoms with Crippen LogP contribution in [0.15, 0.2) is 24.4 Å². The summed E-state index contributed by atoms with van der Waals surface area (Å²) in [5, 5.41) is 3.68. The molecule has 1 aliphatic carbocycles. The van der Waals surface area contributed by atoms with E-state index in [1.807, 2.05) is 12.3 Å². The first kappa shape index (κ1) is 16.4. The van der Waals surface area contributed by atoms with Gasteiger partial charge in [0.15, 0.2) is 0 Å². The lowest BCUT2D eigenvalue weighted by Gasteiger charge is -2.41. The van der Waals surface area contributed by atoms with E-state index >= 15 is 0 Å². The predicted octanol–water partition coefficient (Wildman–Crippen LogP) is 3.46. The SMILES string of the molecule is CC(C)NCC1(CN(C)Cc2ccccn2)CCCCC1. The predicted molar refractivity (Wildman–Crippen MR) is 89.2 cm³/mol. The number of aromatic nitrogens is 1. The molecule has 0 atom stereocenters. The van der Waals surface area contributed by atoms with E-state index in [0.717, 1.165) is 13.1 Å². The molecule has 1 aromatic rings. The van der Waals surface area contributed by atoms with Gasteiger partial charge in [0.1, 0.15) is 0 Å². The fourth-order valence-corrected chi connectivity index (χ4v) is 3.51. The third kappa shape index (κ3) is 5.40. The number of rotatable bonds is 7. The molecule has 0 bridgehead atoms. The Hall–Kier alpha value is -0.930. The van der Waals surface area contributed by atoms with Crippen molar-refractivity contribution in [1.29, 1.82) is 0 Å². The first-order chi connectivity index (χ1) is 10.1. The third-order valence-electron chi connectivity index (χ3n) is 4.56. The molecule has 1 aliphatic rings. The highest BCUT2D eigenvalue weighted by Gasteiger charge is 2.33. The van der Waals surface area contributed by atoms with E-state index in [4.69, 9.17) is 0 Å². The van der Waals surface area contributed by atoms with Crippen molar-refractivity contribution in [2.24, 2.45) is 5.41 Å². The molecule has 0 spiro atoms. The quantitative estimate of drug-likeness (QED) is 0.833. The van der Waals surface area contributed by atoms with Gasteiger partial charge in [-0.25, -0.2) is 0 Å². The number of pyridine rings is 1. The van der Waals surface area contributed by atoms with Crippen molar-refractivity contribution < 1.29 is 0 Å². The Morgan fingerprint density at radius 2 is 2.00 bits per heavy atom. The van der Waals surface area contributed by atoms with Crippen LogP contribution in [0.25, 0.3) is 0 Å². The topological polar surface area (TPSA) is 28.2 Å². The van der Waals surface area contributed by atoms with Gasteiger partial charge in [0.2, 0.25) is 0 Å². The fraction of sp³-hybridized carbons (Fsp3) is 0.722. The molecular weight excluding hydrogens is 258 g/mol. The molecule has 1 aromatic heterocycles. The van der Waals surface area contributed by atoms with Crippen LogP contribution < -0.4 is 5.32 Å². The van der Waals surface area contributed by atoms with Crippen LogP contribution >= 0.6 is 0 Å². The second kappa shape index (κ2) is 7.90. The molecule has 1 fully saturated rings. The van der Waals surface area contributed by atoms with Gasteiger partial charge in [-0.1, -0.05) is 39.2 Å². The van der Waals surface area contributed by atoms with Gasteiger partial charge in [0.05, 0.1) is 5.69 Å². The van der Waals surface area contributed by atoms with Gasteiger partial charge in [-0.3, -0.25) is 9.88 Å². The molecule has 0 radical (unpaired) electrons. The van der Waals surface area contributed by atoms with E-state index in [1.165, 1.54) is 44.3 Å². The lowest BCUT2D eigenvalue weighted by Crippen LogP contribution is -2.45. The lowest BCUT2D eigenvalue weighted by atomic mass is 9.73. The van der Waals surface area contributed by atoms with Crippen LogP contribution in [0, 0.1) is 5.41 Å². The summed E-state index contributed by atoms with van der Waals surface area (Å²) < 4.78 is 0. The van der Waals surface area contributed by atoms with E-state index < -0.39 is 0 Å². The highest BCUT2D eigenvalue weighted by molar-refractivity contribution is 5.03. The summed E-state index contributed by atoms with van der Waals surface area (Å²) in [4.78, 5) is 6.91. The summed E-state index contributed by atoms with van der Waals surface area (Å²) in [6, 6.07) is 6.76. The number of nitrogens with one attached hydrogen (secondary N) is 1. The Bertz CT molecular complexity index is 396. The zero-order valence-corrected chi connectivity index (χ0v) is 13.9. The summed E-state index contributed by atoms with van der Waals surface area (Å²) in [5.41, 5.74) is 1.62. The Labute approximate surface area is 130 Å². The van der Waals surface area contributed by atoms with Crippen LogP contribution in [0.3, 0.4) is 0 Å². The molecule has 0 aromatic carbocycles. The molecule has 2 rings (SSSR count). The van der Waals surface area contributed by atoms with E-state index in [-0.39, 0.29) is 0 Å². The zero-order valence-electron chi connectivity index (χ0n) is 13.9. The molecule has 0 unspecified atom stereocenters. The summed E-state index contributed by atoms with van der Waals surface area (Å²) in [6.07, 6.45) is 8.79. The molecule has 1 N–H and O–H groups in total. The lowest BCUT2D eigenvalue weighted by molar-refractivity contribution is 0.111. The molecule has 1 saturated carbocycles. The van der Waals surface area contributed by atoms with Crippen LogP contribution in [-0.4, -0.2) is 36.1 Å². The summed E-state index contributed by atoms with van der Waals surface area (Å²) in [6.45, 7) is 7.76. The molecule has 118 valence electrons. The summed E-state index contributed by atoms with van der Waals surface area (Å²) in [5.74, 6) is 0. The summed E-state index contributed by atoms with van der Waals surface area (Å²) >= 11 is 0. The Morgan fingerprint density at radius 3 is 2.62 bits per heavy atom. The number of nitrogens with zero attached hydrogens (tertiary/aromatic N) is 2. The van der Waals surface area contributed by atoms with Gasteiger partial charge < -0.3 is 5.32 Å². The average Bonchev–Trinajstić information content (AvgIpc) is 2.47. The fourth-order valence-electron chi connectivity index (χ4n) is 3.51. The van der Waals surface area contributed by atoms with Crippen molar-refractivity contribution in [3.8, 4) is 0 Å². The average molecular weight is 289 g/mol. The van der Waals surface area contributed by atoms with Crippen molar-refractivity contribution in [3.05, 3.63) is 30.1 Å². The van der Waals surface area contributed by atoms with Crippen LogP contribution in [-0.2, 0) is 6.54 Å². The molecular formula is C18H31N3. The molecule has 0 aliphatic heterocycles. The van der Waals surface area contributed by atoms with Gasteiger partial charge >= 0.3 is 0 Å². The minimum atomic E-state index is 0.450. The van der Waals surface area contributed by atoms with Crippen molar-refractivity contribution >= 4 is 0 Å². The van der Waals surface area contributed by atoms with Crippen molar-refractivity contribution in [3.63, 3.8) is 0 Å². The summed E-state index contributed by atoms with van der Waals surface area (Å²) in [7, 11) is 2.24. The first-order valence-electron chi connectivity index (χ1n) is 8.41. The third-order valence-corrected chi connectivity index (χ3v) is 4.56. The molecule has 1 heterocycles. The zero-order chi connectivity index (χ0) is 15.1. The Morgan fingerprint density at radius 1 is 1.24 bits per heavy atom. The van der Waals surface area contributed by atoms with Gasteiger partial charge in [-0.2, -0.15) is 0 Å². The molecule has 0 saturated heterocycles. The van der Waals surface area contributed by atoms with Crippen molar-refractivity contribution in [1.82, 2.24) is 15.2 Å². The van der Waals surface area contributed by atoms with Crippen LogP contribution in [0.4, 0.5) is 0 Å². The Kier molecular flexibility index (Phi) is 6.19. The molecule has 0 amide bonds. The maximum atomic E-state index is 4.45. The van der Waals surface area contributed by atoms with E-state index in [9.17, 15) is 0 Å². The van der Waals surface area contributed by atoms with E-state index in [2.05, 4.69) is 48.2 Å². The number of hydrogen-bond acceptors (Lipinski definition) is 3. The molecule has 3 heteroatoms. The largest absolute Gasteiger partial charge is 0.314 e. The smallest absolute Gasteiger partial charge is 0.0543 e. The minimum Gasteiger partial charge on any atom is -0.314 e. The molecule has 21 heavy (non-hydrogen) atoms. The van der Waals surface area contributed by atoms with E-state index in [1.54, 1.807) is 0 Å². The van der Waals surface area contributed by atoms with Crippen LogP contribution in [0.2, 0.25) is 0 Å². The van der Waals surface area contributed by atoms with Gasteiger partial charge in [-0.05, 0) is 37.4 Å². The van der Waals surface area contributed by atoms with Gasteiger partial charge in [0, 0.05) is 31.9 Å².